The van der Waals surface area contributed by atoms with Crippen LogP contribution in [0.2, 0.25) is 0 Å². The molecule has 0 aromatic heterocycles. The fourth-order valence-corrected chi connectivity index (χ4v) is 3.72. The SMILES string of the molecule is CC1=C(c2c(OCc3ccccc3)ccc3ccccc23)C(=O)CCC1. The van der Waals surface area contributed by atoms with Crippen molar-refractivity contribution in [3.8, 4) is 5.75 Å². The van der Waals surface area contributed by atoms with Crippen molar-refractivity contribution in [1.82, 2.24) is 0 Å². The Bertz CT molecular complexity index is 984. The van der Waals surface area contributed by atoms with E-state index in [1.54, 1.807) is 0 Å². The minimum atomic E-state index is 0.231. The zero-order chi connectivity index (χ0) is 17.9. The van der Waals surface area contributed by atoms with Crippen LogP contribution in [0.1, 0.15) is 37.3 Å². The number of carbonyl (C=O) groups excluding carboxylic acids is 1. The Labute approximate surface area is 154 Å². The van der Waals surface area contributed by atoms with E-state index in [0.29, 0.717) is 13.0 Å². The maximum absolute atomic E-state index is 12.8. The molecule has 0 unspecified atom stereocenters. The molecule has 3 aromatic carbocycles. The average Bonchev–Trinajstić information content (AvgIpc) is 2.67. The predicted molar refractivity (Wildman–Crippen MR) is 106 cm³/mol. The van der Waals surface area contributed by atoms with Gasteiger partial charge < -0.3 is 4.74 Å². The third kappa shape index (κ3) is 3.15. The molecule has 0 spiro atoms. The average molecular weight is 342 g/mol. The maximum atomic E-state index is 12.8. The lowest BCUT2D eigenvalue weighted by Gasteiger charge is -2.21. The molecule has 0 radical (unpaired) electrons. The zero-order valence-corrected chi connectivity index (χ0v) is 15.0. The number of ketones is 1. The first-order valence-corrected chi connectivity index (χ1v) is 9.16. The third-order valence-corrected chi connectivity index (χ3v) is 5.04. The van der Waals surface area contributed by atoms with Gasteiger partial charge in [-0.1, -0.05) is 66.2 Å². The molecule has 0 atom stereocenters. The summed E-state index contributed by atoms with van der Waals surface area (Å²) in [6.45, 7) is 2.57. The lowest BCUT2D eigenvalue weighted by Crippen LogP contribution is -2.11. The van der Waals surface area contributed by atoms with Gasteiger partial charge in [-0.15, -0.1) is 0 Å². The molecule has 4 rings (SSSR count). The highest BCUT2D eigenvalue weighted by molar-refractivity contribution is 6.26. The fraction of sp³-hybridized carbons (Fsp3) is 0.208. The van der Waals surface area contributed by atoms with E-state index in [9.17, 15) is 4.79 Å². The molecule has 0 aliphatic heterocycles. The summed E-state index contributed by atoms with van der Waals surface area (Å²) in [5.74, 6) is 1.02. The lowest BCUT2D eigenvalue weighted by molar-refractivity contribution is -0.114. The molecule has 0 amide bonds. The number of hydrogen-bond acceptors (Lipinski definition) is 2. The number of benzene rings is 3. The highest BCUT2D eigenvalue weighted by Crippen LogP contribution is 2.39. The van der Waals surface area contributed by atoms with Gasteiger partial charge in [0.1, 0.15) is 12.4 Å². The van der Waals surface area contributed by atoms with Crippen LogP contribution < -0.4 is 4.74 Å². The van der Waals surface area contributed by atoms with Crippen molar-refractivity contribution in [3.63, 3.8) is 0 Å². The van der Waals surface area contributed by atoms with Crippen LogP contribution in [-0.4, -0.2) is 5.78 Å². The van der Waals surface area contributed by atoms with Gasteiger partial charge in [0.25, 0.3) is 0 Å². The van der Waals surface area contributed by atoms with Gasteiger partial charge in [-0.2, -0.15) is 0 Å². The van der Waals surface area contributed by atoms with E-state index in [1.807, 2.05) is 36.4 Å². The second kappa shape index (κ2) is 7.17. The first kappa shape index (κ1) is 16.6. The topological polar surface area (TPSA) is 26.3 Å². The van der Waals surface area contributed by atoms with Crippen LogP contribution in [0.3, 0.4) is 0 Å². The van der Waals surface area contributed by atoms with E-state index in [4.69, 9.17) is 4.74 Å². The van der Waals surface area contributed by atoms with Gasteiger partial charge in [-0.3, -0.25) is 4.79 Å². The van der Waals surface area contributed by atoms with Crippen molar-refractivity contribution in [1.29, 1.82) is 0 Å². The Morgan fingerprint density at radius 1 is 0.885 bits per heavy atom. The van der Waals surface area contributed by atoms with Gasteiger partial charge in [-0.25, -0.2) is 0 Å². The summed E-state index contributed by atoms with van der Waals surface area (Å²) in [5, 5.41) is 2.22. The molecule has 0 heterocycles. The second-order valence-corrected chi connectivity index (χ2v) is 6.87. The summed E-state index contributed by atoms with van der Waals surface area (Å²) in [6, 6.07) is 22.4. The quantitative estimate of drug-likeness (QED) is 0.586. The highest BCUT2D eigenvalue weighted by Gasteiger charge is 2.24. The van der Waals surface area contributed by atoms with Gasteiger partial charge in [0, 0.05) is 17.6 Å². The molecular formula is C24H22O2. The van der Waals surface area contributed by atoms with Crippen LogP contribution in [-0.2, 0) is 11.4 Å². The number of fused-ring (bicyclic) bond motifs is 1. The van der Waals surface area contributed by atoms with Crippen LogP contribution in [0.5, 0.6) is 5.75 Å². The van der Waals surface area contributed by atoms with Crippen molar-refractivity contribution in [2.75, 3.05) is 0 Å². The smallest absolute Gasteiger partial charge is 0.163 e. The second-order valence-electron chi connectivity index (χ2n) is 6.87. The van der Waals surface area contributed by atoms with E-state index >= 15 is 0 Å². The zero-order valence-electron chi connectivity index (χ0n) is 15.0. The number of rotatable bonds is 4. The van der Waals surface area contributed by atoms with Crippen molar-refractivity contribution >= 4 is 22.1 Å². The molecule has 0 saturated heterocycles. The molecule has 0 fully saturated rings. The van der Waals surface area contributed by atoms with Crippen LogP contribution in [0.15, 0.2) is 72.3 Å². The monoisotopic (exact) mass is 342 g/mol. The third-order valence-electron chi connectivity index (χ3n) is 5.04. The van der Waals surface area contributed by atoms with Crippen LogP contribution >= 0.6 is 0 Å². The van der Waals surface area contributed by atoms with Crippen molar-refractivity contribution < 1.29 is 9.53 Å². The van der Waals surface area contributed by atoms with Crippen molar-refractivity contribution in [2.24, 2.45) is 0 Å². The van der Waals surface area contributed by atoms with Gasteiger partial charge in [0.15, 0.2) is 5.78 Å². The molecule has 2 heteroatoms. The summed E-state index contributed by atoms with van der Waals surface area (Å²) in [5.41, 5.74) is 4.10. The van der Waals surface area contributed by atoms with Crippen molar-refractivity contribution in [2.45, 2.75) is 32.8 Å². The van der Waals surface area contributed by atoms with Crippen LogP contribution in [0.25, 0.3) is 16.3 Å². The molecule has 1 aliphatic carbocycles. The first-order chi connectivity index (χ1) is 12.7. The molecule has 1 aliphatic rings. The Morgan fingerprint density at radius 3 is 2.46 bits per heavy atom. The molecule has 130 valence electrons. The standard InChI is InChI=1S/C24H22O2/c1-17-8-7-13-21(25)23(17)24-20-12-6-5-11-19(20)14-15-22(24)26-16-18-9-3-2-4-10-18/h2-6,9-12,14-15H,7-8,13,16H2,1H3. The minimum absolute atomic E-state index is 0.231. The van der Waals surface area contributed by atoms with E-state index in [0.717, 1.165) is 46.1 Å². The number of allylic oxidation sites excluding steroid dienone is 2. The van der Waals surface area contributed by atoms with E-state index < -0.39 is 0 Å². The van der Waals surface area contributed by atoms with Gasteiger partial charge in [-0.05, 0) is 42.2 Å². The Morgan fingerprint density at radius 2 is 1.65 bits per heavy atom. The van der Waals surface area contributed by atoms with Gasteiger partial charge in [0.2, 0.25) is 0 Å². The summed E-state index contributed by atoms with van der Waals surface area (Å²) in [7, 11) is 0. The molecule has 0 bridgehead atoms. The lowest BCUT2D eigenvalue weighted by atomic mass is 9.84. The molecule has 0 N–H and O–H groups in total. The number of carbonyl (C=O) groups is 1. The summed E-state index contributed by atoms with van der Waals surface area (Å²) in [4.78, 5) is 12.8. The van der Waals surface area contributed by atoms with E-state index in [1.165, 1.54) is 5.57 Å². The number of ether oxygens (including phenoxy) is 1. The maximum Gasteiger partial charge on any atom is 0.163 e. The van der Waals surface area contributed by atoms with E-state index in [-0.39, 0.29) is 5.78 Å². The van der Waals surface area contributed by atoms with Gasteiger partial charge >= 0.3 is 0 Å². The normalized spacial score (nSPS) is 14.7. The molecule has 26 heavy (non-hydrogen) atoms. The number of hydrogen-bond donors (Lipinski definition) is 0. The largest absolute Gasteiger partial charge is 0.488 e. The fourth-order valence-electron chi connectivity index (χ4n) is 3.72. The first-order valence-electron chi connectivity index (χ1n) is 9.16. The Kier molecular flexibility index (Phi) is 4.57. The Balaban J connectivity index is 1.84. The molecule has 3 aromatic rings. The summed E-state index contributed by atoms with van der Waals surface area (Å²) < 4.78 is 6.19. The molecule has 0 saturated carbocycles. The minimum Gasteiger partial charge on any atom is -0.488 e. The highest BCUT2D eigenvalue weighted by atomic mass is 16.5. The summed E-state index contributed by atoms with van der Waals surface area (Å²) in [6.07, 6.45) is 2.54. The van der Waals surface area contributed by atoms with Gasteiger partial charge in [0.05, 0.1) is 0 Å². The molecule has 2 nitrogen and oxygen atoms in total. The molecular weight excluding hydrogens is 320 g/mol. The van der Waals surface area contributed by atoms with Crippen molar-refractivity contribution in [3.05, 3.63) is 83.4 Å². The Hall–Kier alpha value is -2.87. The predicted octanol–water partition coefficient (Wildman–Crippen LogP) is 5.95. The van der Waals surface area contributed by atoms with Crippen LogP contribution in [0.4, 0.5) is 0 Å². The van der Waals surface area contributed by atoms with E-state index in [2.05, 4.69) is 37.3 Å². The summed E-state index contributed by atoms with van der Waals surface area (Å²) >= 11 is 0. The number of Topliss-reactive ketones (excluding diaryl/α,β-unsaturated/α-hetero) is 1. The van der Waals surface area contributed by atoms with Crippen LogP contribution in [0, 0.1) is 0 Å².